The molecule has 0 spiro atoms. The molecular formula is C7H10NOP. The van der Waals surface area contributed by atoms with Gasteiger partial charge in [-0.1, -0.05) is 30.3 Å². The van der Waals surface area contributed by atoms with Gasteiger partial charge in [0.2, 0.25) is 0 Å². The molecule has 2 atom stereocenters. The molecule has 10 heavy (non-hydrogen) atoms. The van der Waals surface area contributed by atoms with Crippen LogP contribution in [0.2, 0.25) is 0 Å². The van der Waals surface area contributed by atoms with Crippen LogP contribution >= 0.6 is 9.47 Å². The molecule has 3 heteroatoms. The van der Waals surface area contributed by atoms with Gasteiger partial charge in [0.25, 0.3) is 0 Å². The predicted molar refractivity (Wildman–Crippen MR) is 44.2 cm³/mol. The second-order valence-electron chi connectivity index (χ2n) is 1.97. The zero-order chi connectivity index (χ0) is 7.40. The van der Waals surface area contributed by atoms with Crippen molar-refractivity contribution in [1.29, 1.82) is 0 Å². The van der Waals surface area contributed by atoms with Gasteiger partial charge in [0, 0.05) is 9.47 Å². The summed E-state index contributed by atoms with van der Waals surface area (Å²) in [5.41, 5.74) is 6.54. The monoisotopic (exact) mass is 155 g/mol. The summed E-state index contributed by atoms with van der Waals surface area (Å²) in [5.74, 6) is 0. The number of benzene rings is 1. The molecular weight excluding hydrogens is 145 g/mol. The van der Waals surface area contributed by atoms with E-state index >= 15 is 0 Å². The molecule has 0 aliphatic rings. The normalized spacial score (nSPS) is 13.0. The third-order valence-electron chi connectivity index (χ3n) is 1.27. The smallest absolute Gasteiger partial charge is 0.134 e. The van der Waals surface area contributed by atoms with E-state index in [0.29, 0.717) is 0 Å². The van der Waals surface area contributed by atoms with Crippen molar-refractivity contribution in [3.63, 3.8) is 0 Å². The third kappa shape index (κ3) is 1.77. The molecule has 0 heterocycles. The van der Waals surface area contributed by atoms with Gasteiger partial charge in [-0.05, 0) is 5.56 Å². The van der Waals surface area contributed by atoms with Crippen molar-refractivity contribution in [3.8, 4) is 0 Å². The van der Waals surface area contributed by atoms with E-state index in [9.17, 15) is 0 Å². The van der Waals surface area contributed by atoms with Crippen LogP contribution in [0.4, 0.5) is 0 Å². The van der Waals surface area contributed by atoms with E-state index in [1.807, 2.05) is 30.3 Å². The Balaban J connectivity index is 2.75. The van der Waals surface area contributed by atoms with Crippen LogP contribution in [0.5, 0.6) is 0 Å². The molecule has 2 N–H and O–H groups in total. The molecule has 0 bridgehead atoms. The Bertz CT molecular complexity index is 190. The molecule has 2 nitrogen and oxygen atoms in total. The second-order valence-corrected chi connectivity index (χ2v) is 2.24. The van der Waals surface area contributed by atoms with Gasteiger partial charge in [0.15, 0.2) is 0 Å². The van der Waals surface area contributed by atoms with Gasteiger partial charge < -0.3 is 10.3 Å². The Morgan fingerprint density at radius 3 is 2.40 bits per heavy atom. The van der Waals surface area contributed by atoms with Gasteiger partial charge in [0.05, 0.1) is 0 Å². The molecule has 0 aromatic heterocycles. The fraction of sp³-hybridized carbons (Fsp3) is 0.143. The Morgan fingerprint density at radius 2 is 1.90 bits per heavy atom. The first-order valence-electron chi connectivity index (χ1n) is 3.00. The standard InChI is InChI=1S/C7H10NOP/c8-7(9-10)6-4-2-1-3-5-6/h1-5,7H,8,10H2. The van der Waals surface area contributed by atoms with E-state index < -0.39 is 0 Å². The highest BCUT2D eigenvalue weighted by Gasteiger charge is 1.99. The largest absolute Gasteiger partial charge is 0.343 e. The van der Waals surface area contributed by atoms with Crippen LogP contribution in [0.25, 0.3) is 0 Å². The zero-order valence-electron chi connectivity index (χ0n) is 5.53. The predicted octanol–water partition coefficient (Wildman–Crippen LogP) is 1.45. The van der Waals surface area contributed by atoms with Gasteiger partial charge >= 0.3 is 0 Å². The SMILES string of the molecule is NC(OP)c1ccccc1. The minimum absolute atomic E-state index is 0.328. The Hall–Kier alpha value is -0.430. The highest BCUT2D eigenvalue weighted by Crippen LogP contribution is 2.12. The Kier molecular flexibility index (Phi) is 2.82. The van der Waals surface area contributed by atoms with E-state index in [2.05, 4.69) is 9.47 Å². The number of nitrogens with two attached hydrogens (primary N) is 1. The maximum Gasteiger partial charge on any atom is 0.134 e. The average Bonchev–Trinajstić information content (AvgIpc) is 2.05. The van der Waals surface area contributed by atoms with Crippen LogP contribution in [0.15, 0.2) is 30.3 Å². The highest BCUT2D eigenvalue weighted by molar-refractivity contribution is 7.09. The molecule has 1 aromatic carbocycles. The molecule has 0 fully saturated rings. The van der Waals surface area contributed by atoms with Crippen LogP contribution in [-0.4, -0.2) is 0 Å². The van der Waals surface area contributed by atoms with Crippen molar-refractivity contribution < 1.29 is 4.52 Å². The first-order chi connectivity index (χ1) is 4.84. The van der Waals surface area contributed by atoms with E-state index in [-0.39, 0.29) is 6.23 Å². The maximum absolute atomic E-state index is 5.55. The molecule has 1 aromatic rings. The first-order valence-corrected chi connectivity index (χ1v) is 3.48. The summed E-state index contributed by atoms with van der Waals surface area (Å²) in [6, 6.07) is 9.65. The maximum atomic E-state index is 5.55. The van der Waals surface area contributed by atoms with Crippen LogP contribution in [0.1, 0.15) is 11.8 Å². The molecule has 2 unspecified atom stereocenters. The number of hydrogen-bond donors (Lipinski definition) is 1. The van der Waals surface area contributed by atoms with Crippen molar-refractivity contribution in [1.82, 2.24) is 0 Å². The molecule has 54 valence electrons. The minimum Gasteiger partial charge on any atom is -0.343 e. The van der Waals surface area contributed by atoms with E-state index in [1.165, 1.54) is 0 Å². The van der Waals surface area contributed by atoms with Gasteiger partial charge in [-0.3, -0.25) is 0 Å². The Labute approximate surface area is 62.7 Å². The third-order valence-corrected chi connectivity index (χ3v) is 1.57. The Morgan fingerprint density at radius 1 is 1.30 bits per heavy atom. The average molecular weight is 155 g/mol. The van der Waals surface area contributed by atoms with Crippen molar-refractivity contribution in [2.75, 3.05) is 0 Å². The fourth-order valence-electron chi connectivity index (χ4n) is 0.721. The fourth-order valence-corrected chi connectivity index (χ4v) is 0.878. The topological polar surface area (TPSA) is 35.2 Å². The van der Waals surface area contributed by atoms with Crippen LogP contribution in [0, 0.1) is 0 Å². The molecule has 0 aliphatic heterocycles. The molecule has 0 amide bonds. The highest BCUT2D eigenvalue weighted by atomic mass is 31.0. The van der Waals surface area contributed by atoms with Crippen LogP contribution in [0.3, 0.4) is 0 Å². The lowest BCUT2D eigenvalue weighted by molar-refractivity contribution is 0.255. The summed E-state index contributed by atoms with van der Waals surface area (Å²) in [7, 11) is 2.14. The van der Waals surface area contributed by atoms with Crippen LogP contribution < -0.4 is 5.73 Å². The summed E-state index contributed by atoms with van der Waals surface area (Å²) in [4.78, 5) is 0. The van der Waals surface area contributed by atoms with E-state index in [4.69, 9.17) is 10.3 Å². The lowest BCUT2D eigenvalue weighted by Crippen LogP contribution is -2.08. The van der Waals surface area contributed by atoms with Crippen molar-refractivity contribution >= 4 is 9.47 Å². The molecule has 0 saturated heterocycles. The van der Waals surface area contributed by atoms with Gasteiger partial charge in [-0.2, -0.15) is 0 Å². The summed E-state index contributed by atoms with van der Waals surface area (Å²) < 4.78 is 4.83. The molecule has 1 rings (SSSR count). The zero-order valence-corrected chi connectivity index (χ0v) is 6.68. The lowest BCUT2D eigenvalue weighted by atomic mass is 10.2. The van der Waals surface area contributed by atoms with E-state index in [0.717, 1.165) is 5.56 Å². The second kappa shape index (κ2) is 3.67. The van der Waals surface area contributed by atoms with E-state index in [1.54, 1.807) is 0 Å². The van der Waals surface area contributed by atoms with Crippen molar-refractivity contribution in [2.45, 2.75) is 6.23 Å². The molecule has 0 radical (unpaired) electrons. The van der Waals surface area contributed by atoms with Crippen LogP contribution in [-0.2, 0) is 4.52 Å². The van der Waals surface area contributed by atoms with Gasteiger partial charge in [-0.25, -0.2) is 0 Å². The first kappa shape index (κ1) is 7.67. The summed E-state index contributed by atoms with van der Waals surface area (Å²) >= 11 is 0. The molecule has 0 aliphatic carbocycles. The lowest BCUT2D eigenvalue weighted by Gasteiger charge is -2.07. The van der Waals surface area contributed by atoms with Gasteiger partial charge in [-0.15, -0.1) is 0 Å². The van der Waals surface area contributed by atoms with Crippen molar-refractivity contribution in [2.24, 2.45) is 5.73 Å². The number of rotatable bonds is 2. The van der Waals surface area contributed by atoms with Crippen molar-refractivity contribution in [3.05, 3.63) is 35.9 Å². The summed E-state index contributed by atoms with van der Waals surface area (Å²) in [5, 5.41) is 0. The minimum atomic E-state index is -0.328. The number of hydrogen-bond acceptors (Lipinski definition) is 2. The summed E-state index contributed by atoms with van der Waals surface area (Å²) in [6.07, 6.45) is -0.328. The summed E-state index contributed by atoms with van der Waals surface area (Å²) in [6.45, 7) is 0. The van der Waals surface area contributed by atoms with Gasteiger partial charge in [0.1, 0.15) is 6.23 Å². The quantitative estimate of drug-likeness (QED) is 0.518. The molecule has 0 saturated carbocycles.